The van der Waals surface area contributed by atoms with Crippen LogP contribution in [0.5, 0.6) is 0 Å². The molecule has 0 aliphatic rings. The standard InChI is InChI=1S/C21H14FN3O3S/c22-14-5-3-13(4-6-14)19-18(23-12-28-19)21(27)25-16-9-7-15(8-10-16)24-20(26)17-2-1-11-29-17/h1-12H,(H,24,26)(H,25,27). The third-order valence-electron chi connectivity index (χ3n) is 4.03. The van der Waals surface area contributed by atoms with Crippen LogP contribution in [0.2, 0.25) is 0 Å². The number of carbonyl (C=O) groups is 2. The van der Waals surface area contributed by atoms with Crippen LogP contribution in [0.1, 0.15) is 20.2 Å². The second-order valence-corrected chi connectivity index (χ2v) is 6.95. The Bertz CT molecular complexity index is 1140. The first-order valence-corrected chi connectivity index (χ1v) is 9.44. The van der Waals surface area contributed by atoms with Crippen LogP contribution >= 0.6 is 11.3 Å². The first-order chi connectivity index (χ1) is 14.1. The molecule has 2 N–H and O–H groups in total. The van der Waals surface area contributed by atoms with Crippen molar-refractivity contribution in [3.8, 4) is 11.3 Å². The first-order valence-electron chi connectivity index (χ1n) is 8.56. The average Bonchev–Trinajstić information content (AvgIpc) is 3.42. The van der Waals surface area contributed by atoms with Gasteiger partial charge in [-0.1, -0.05) is 6.07 Å². The van der Waals surface area contributed by atoms with E-state index in [1.54, 1.807) is 30.3 Å². The molecule has 144 valence electrons. The molecule has 6 nitrogen and oxygen atoms in total. The summed E-state index contributed by atoms with van der Waals surface area (Å²) in [5.41, 5.74) is 1.76. The Kier molecular flexibility index (Phi) is 5.17. The van der Waals surface area contributed by atoms with Crippen molar-refractivity contribution in [1.29, 1.82) is 0 Å². The molecule has 4 rings (SSSR count). The normalized spacial score (nSPS) is 10.5. The van der Waals surface area contributed by atoms with E-state index in [9.17, 15) is 14.0 Å². The van der Waals surface area contributed by atoms with Gasteiger partial charge in [0.2, 0.25) is 0 Å². The van der Waals surface area contributed by atoms with E-state index in [0.717, 1.165) is 6.39 Å². The predicted molar refractivity (Wildman–Crippen MR) is 109 cm³/mol. The fourth-order valence-electron chi connectivity index (χ4n) is 2.64. The van der Waals surface area contributed by atoms with E-state index in [0.29, 0.717) is 21.8 Å². The summed E-state index contributed by atoms with van der Waals surface area (Å²) in [6, 6.07) is 15.8. The summed E-state index contributed by atoms with van der Waals surface area (Å²) < 4.78 is 18.4. The molecule has 0 fully saturated rings. The summed E-state index contributed by atoms with van der Waals surface area (Å²) in [5.74, 6) is -0.787. The summed E-state index contributed by atoms with van der Waals surface area (Å²) in [6.45, 7) is 0. The van der Waals surface area contributed by atoms with Crippen molar-refractivity contribution in [2.75, 3.05) is 10.6 Å². The van der Waals surface area contributed by atoms with Crippen molar-refractivity contribution >= 4 is 34.5 Å². The third-order valence-corrected chi connectivity index (χ3v) is 4.90. The largest absolute Gasteiger partial charge is 0.443 e. The number of carbonyl (C=O) groups excluding carboxylic acids is 2. The van der Waals surface area contributed by atoms with Gasteiger partial charge in [0, 0.05) is 16.9 Å². The van der Waals surface area contributed by atoms with E-state index >= 15 is 0 Å². The lowest BCUT2D eigenvalue weighted by Crippen LogP contribution is -2.14. The topological polar surface area (TPSA) is 84.2 Å². The fourth-order valence-corrected chi connectivity index (χ4v) is 3.26. The van der Waals surface area contributed by atoms with Gasteiger partial charge in [0.05, 0.1) is 4.88 Å². The average molecular weight is 407 g/mol. The number of rotatable bonds is 5. The molecule has 0 radical (unpaired) electrons. The summed E-state index contributed by atoms with van der Waals surface area (Å²) in [5, 5.41) is 7.35. The lowest BCUT2D eigenvalue weighted by atomic mass is 10.1. The third kappa shape index (κ3) is 4.22. The van der Waals surface area contributed by atoms with Gasteiger partial charge in [-0.25, -0.2) is 9.37 Å². The molecular formula is C21H14FN3O3S. The quantitative estimate of drug-likeness (QED) is 0.485. The highest BCUT2D eigenvalue weighted by molar-refractivity contribution is 7.12. The molecule has 29 heavy (non-hydrogen) atoms. The summed E-state index contributed by atoms with van der Waals surface area (Å²) in [6.07, 6.45) is 1.16. The number of nitrogens with one attached hydrogen (secondary N) is 2. The van der Waals surface area contributed by atoms with E-state index in [-0.39, 0.29) is 23.2 Å². The highest BCUT2D eigenvalue weighted by atomic mass is 32.1. The second kappa shape index (κ2) is 8.07. The number of hydrogen-bond acceptors (Lipinski definition) is 5. The number of hydrogen-bond donors (Lipinski definition) is 2. The predicted octanol–water partition coefficient (Wildman–Crippen LogP) is 5.05. The number of nitrogens with zero attached hydrogens (tertiary/aromatic N) is 1. The van der Waals surface area contributed by atoms with Gasteiger partial charge in [0.1, 0.15) is 5.82 Å². The molecule has 2 amide bonds. The molecule has 0 aliphatic heterocycles. The molecule has 2 aromatic carbocycles. The van der Waals surface area contributed by atoms with E-state index in [1.165, 1.54) is 35.6 Å². The van der Waals surface area contributed by atoms with E-state index in [4.69, 9.17) is 4.42 Å². The van der Waals surface area contributed by atoms with Gasteiger partial charge < -0.3 is 15.1 Å². The molecule has 0 aliphatic carbocycles. The van der Waals surface area contributed by atoms with Crippen molar-refractivity contribution in [3.05, 3.63) is 88.8 Å². The van der Waals surface area contributed by atoms with Gasteiger partial charge >= 0.3 is 0 Å². The summed E-state index contributed by atoms with van der Waals surface area (Å²) in [4.78, 5) is 29.2. The number of aromatic nitrogens is 1. The Morgan fingerprint density at radius 1 is 0.897 bits per heavy atom. The maximum Gasteiger partial charge on any atom is 0.278 e. The van der Waals surface area contributed by atoms with Crippen LogP contribution in [0.25, 0.3) is 11.3 Å². The van der Waals surface area contributed by atoms with Crippen molar-refractivity contribution in [3.63, 3.8) is 0 Å². The maximum absolute atomic E-state index is 13.1. The molecule has 0 atom stereocenters. The van der Waals surface area contributed by atoms with Crippen molar-refractivity contribution < 1.29 is 18.4 Å². The van der Waals surface area contributed by atoms with Crippen LogP contribution in [0.3, 0.4) is 0 Å². The smallest absolute Gasteiger partial charge is 0.278 e. The number of amides is 2. The van der Waals surface area contributed by atoms with E-state index < -0.39 is 5.91 Å². The Morgan fingerprint density at radius 3 is 2.17 bits per heavy atom. The van der Waals surface area contributed by atoms with Gasteiger partial charge in [-0.2, -0.15) is 0 Å². The van der Waals surface area contributed by atoms with Crippen LogP contribution in [0.4, 0.5) is 15.8 Å². The minimum absolute atomic E-state index is 0.0895. The molecule has 0 saturated carbocycles. The second-order valence-electron chi connectivity index (χ2n) is 6.00. The lowest BCUT2D eigenvalue weighted by Gasteiger charge is -2.07. The molecule has 2 aromatic heterocycles. The lowest BCUT2D eigenvalue weighted by molar-refractivity contribution is 0.101. The van der Waals surface area contributed by atoms with Crippen molar-refractivity contribution in [1.82, 2.24) is 4.98 Å². The number of benzene rings is 2. The minimum atomic E-state index is -0.464. The van der Waals surface area contributed by atoms with Crippen LogP contribution < -0.4 is 10.6 Å². The fraction of sp³-hybridized carbons (Fsp3) is 0. The van der Waals surface area contributed by atoms with E-state index in [1.807, 2.05) is 11.4 Å². The molecule has 0 bridgehead atoms. The minimum Gasteiger partial charge on any atom is -0.443 e. The zero-order valence-electron chi connectivity index (χ0n) is 14.9. The van der Waals surface area contributed by atoms with Crippen LogP contribution in [0, 0.1) is 5.82 Å². The van der Waals surface area contributed by atoms with Crippen LogP contribution in [-0.2, 0) is 0 Å². The maximum atomic E-state index is 13.1. The number of thiophene rings is 1. The molecule has 2 heterocycles. The van der Waals surface area contributed by atoms with E-state index in [2.05, 4.69) is 15.6 Å². The summed E-state index contributed by atoms with van der Waals surface area (Å²) in [7, 11) is 0. The molecule has 0 unspecified atom stereocenters. The Labute approximate surface area is 169 Å². The van der Waals surface area contributed by atoms with Crippen molar-refractivity contribution in [2.45, 2.75) is 0 Å². The van der Waals surface area contributed by atoms with Gasteiger partial charge in [-0.05, 0) is 60.0 Å². The first kappa shape index (κ1) is 18.6. The number of oxazole rings is 1. The van der Waals surface area contributed by atoms with Crippen molar-refractivity contribution in [2.24, 2.45) is 0 Å². The zero-order valence-corrected chi connectivity index (χ0v) is 15.7. The van der Waals surface area contributed by atoms with Crippen LogP contribution in [0.15, 0.2) is 76.9 Å². The molecular weight excluding hydrogens is 393 g/mol. The highest BCUT2D eigenvalue weighted by Gasteiger charge is 2.18. The Hall–Kier alpha value is -3.78. The van der Waals surface area contributed by atoms with Gasteiger partial charge in [0.15, 0.2) is 17.8 Å². The highest BCUT2D eigenvalue weighted by Crippen LogP contribution is 2.24. The SMILES string of the molecule is O=C(Nc1ccc(NC(=O)c2ncoc2-c2ccc(F)cc2)cc1)c1cccs1. The Balaban J connectivity index is 1.45. The van der Waals surface area contributed by atoms with Gasteiger partial charge in [-0.15, -0.1) is 11.3 Å². The van der Waals surface area contributed by atoms with Gasteiger partial charge in [0.25, 0.3) is 11.8 Å². The van der Waals surface area contributed by atoms with Crippen LogP contribution in [-0.4, -0.2) is 16.8 Å². The Morgan fingerprint density at radius 2 is 1.55 bits per heavy atom. The molecule has 0 saturated heterocycles. The zero-order chi connectivity index (χ0) is 20.2. The summed E-state index contributed by atoms with van der Waals surface area (Å²) >= 11 is 1.35. The monoisotopic (exact) mass is 407 g/mol. The molecule has 4 aromatic rings. The number of halogens is 1. The molecule has 0 spiro atoms. The number of anilines is 2. The van der Waals surface area contributed by atoms with Gasteiger partial charge in [-0.3, -0.25) is 9.59 Å². The molecule has 8 heteroatoms.